The number of hydrogen-bond acceptors (Lipinski definition) is 4. The van der Waals surface area contributed by atoms with Gasteiger partial charge in [0.2, 0.25) is 5.91 Å². The second kappa shape index (κ2) is 4.57. The zero-order valence-corrected chi connectivity index (χ0v) is 10.7. The Morgan fingerprint density at radius 3 is 2.89 bits per heavy atom. The molecule has 2 aliphatic heterocycles. The summed E-state index contributed by atoms with van der Waals surface area (Å²) >= 11 is 0. The maximum absolute atomic E-state index is 11.7. The molecule has 0 N–H and O–H groups in total. The summed E-state index contributed by atoms with van der Waals surface area (Å²) in [6.45, 7) is 0.624. The molecule has 1 aromatic carbocycles. The minimum atomic E-state index is -0.0926. The molecule has 1 atom stereocenters. The number of carbonyl (C=O) groups is 2. The molecule has 0 bridgehead atoms. The smallest absolute Gasteiger partial charge is 0.230 e. The average molecular weight is 261 g/mol. The van der Waals surface area contributed by atoms with Gasteiger partial charge >= 0.3 is 0 Å². The fourth-order valence-electron chi connectivity index (χ4n) is 2.68. The molecule has 2 heterocycles. The monoisotopic (exact) mass is 261 g/mol. The standard InChI is InChI=1S/C14H15NO4/c1-18-12-4-2-3-9-5-10(8-19-14(9)12)15-7-11(16)6-13(15)17/h2-4,10H,5-8H2,1H3. The Kier molecular flexibility index (Phi) is 2.89. The van der Waals surface area contributed by atoms with Crippen LogP contribution in [0.3, 0.4) is 0 Å². The highest BCUT2D eigenvalue weighted by molar-refractivity contribution is 6.05. The van der Waals surface area contributed by atoms with E-state index in [9.17, 15) is 9.59 Å². The highest BCUT2D eigenvalue weighted by Gasteiger charge is 2.36. The average Bonchev–Trinajstić information content (AvgIpc) is 2.76. The lowest BCUT2D eigenvalue weighted by Gasteiger charge is -2.32. The van der Waals surface area contributed by atoms with Crippen molar-refractivity contribution in [2.75, 3.05) is 20.3 Å². The lowest BCUT2D eigenvalue weighted by atomic mass is 10.0. The van der Waals surface area contributed by atoms with Gasteiger partial charge in [-0.2, -0.15) is 0 Å². The van der Waals surface area contributed by atoms with Crippen molar-refractivity contribution in [3.05, 3.63) is 23.8 Å². The highest BCUT2D eigenvalue weighted by Crippen LogP contribution is 2.35. The molecule has 19 heavy (non-hydrogen) atoms. The van der Waals surface area contributed by atoms with Crippen molar-refractivity contribution in [3.8, 4) is 11.5 Å². The molecular weight excluding hydrogens is 246 g/mol. The molecule has 100 valence electrons. The minimum absolute atomic E-state index is 0.0126. The number of likely N-dealkylation sites (tertiary alicyclic amines) is 1. The van der Waals surface area contributed by atoms with Crippen LogP contribution in [-0.2, 0) is 16.0 Å². The third kappa shape index (κ3) is 2.05. The summed E-state index contributed by atoms with van der Waals surface area (Å²) in [5.74, 6) is 1.35. The maximum Gasteiger partial charge on any atom is 0.230 e. The van der Waals surface area contributed by atoms with E-state index < -0.39 is 0 Å². The van der Waals surface area contributed by atoms with Crippen molar-refractivity contribution in [2.45, 2.75) is 18.9 Å². The summed E-state index contributed by atoms with van der Waals surface area (Å²) in [4.78, 5) is 24.7. The van der Waals surface area contributed by atoms with Crippen LogP contribution in [-0.4, -0.2) is 42.9 Å². The number of methoxy groups -OCH3 is 1. The molecule has 3 rings (SSSR count). The largest absolute Gasteiger partial charge is 0.493 e. The molecular formula is C14H15NO4. The molecule has 5 heteroatoms. The number of ketones is 1. The van der Waals surface area contributed by atoms with Crippen molar-refractivity contribution in [1.82, 2.24) is 4.90 Å². The first-order valence-electron chi connectivity index (χ1n) is 6.29. The topological polar surface area (TPSA) is 55.8 Å². The molecule has 1 unspecified atom stereocenters. The number of nitrogens with zero attached hydrogens (tertiary/aromatic N) is 1. The summed E-state index contributed by atoms with van der Waals surface area (Å²) in [6, 6.07) is 5.66. The van der Waals surface area contributed by atoms with Crippen LogP contribution in [0.5, 0.6) is 11.5 Å². The first-order chi connectivity index (χ1) is 9.19. The number of rotatable bonds is 2. The van der Waals surface area contributed by atoms with Gasteiger partial charge in [-0.25, -0.2) is 0 Å². The van der Waals surface area contributed by atoms with Gasteiger partial charge in [-0.15, -0.1) is 0 Å². The lowest BCUT2D eigenvalue weighted by molar-refractivity contribution is -0.130. The van der Waals surface area contributed by atoms with Crippen LogP contribution in [0.1, 0.15) is 12.0 Å². The number of para-hydroxylation sites is 1. The molecule has 0 aromatic heterocycles. The maximum atomic E-state index is 11.7. The Labute approximate surface area is 111 Å². The van der Waals surface area contributed by atoms with Gasteiger partial charge in [0.1, 0.15) is 6.61 Å². The Balaban J connectivity index is 1.83. The lowest BCUT2D eigenvalue weighted by Crippen LogP contribution is -2.44. The molecule has 1 aromatic rings. The normalized spacial score (nSPS) is 22.2. The van der Waals surface area contributed by atoms with Gasteiger partial charge in [-0.05, 0) is 12.5 Å². The number of amides is 1. The predicted octanol–water partition coefficient (Wildman–Crippen LogP) is 0.800. The molecule has 0 radical (unpaired) electrons. The van der Waals surface area contributed by atoms with Gasteiger partial charge < -0.3 is 14.4 Å². The number of ether oxygens (including phenoxy) is 2. The SMILES string of the molecule is COc1cccc2c1OCC(N1CC(=O)CC1=O)C2. The van der Waals surface area contributed by atoms with E-state index in [4.69, 9.17) is 9.47 Å². The number of benzene rings is 1. The van der Waals surface area contributed by atoms with E-state index in [1.807, 2.05) is 18.2 Å². The molecule has 1 fully saturated rings. The van der Waals surface area contributed by atoms with Gasteiger partial charge in [0.25, 0.3) is 0 Å². The Hall–Kier alpha value is -2.04. The Bertz CT molecular complexity index is 540. The van der Waals surface area contributed by atoms with Crippen LogP contribution in [0.25, 0.3) is 0 Å². The first kappa shape index (κ1) is 12.0. The highest BCUT2D eigenvalue weighted by atomic mass is 16.5. The van der Waals surface area contributed by atoms with Gasteiger partial charge in [0, 0.05) is 5.56 Å². The van der Waals surface area contributed by atoms with Crippen molar-refractivity contribution < 1.29 is 19.1 Å². The zero-order valence-electron chi connectivity index (χ0n) is 10.7. The fourth-order valence-corrected chi connectivity index (χ4v) is 2.68. The second-order valence-electron chi connectivity index (χ2n) is 4.85. The quantitative estimate of drug-likeness (QED) is 0.739. The summed E-state index contributed by atoms with van der Waals surface area (Å²) < 4.78 is 11.0. The number of carbonyl (C=O) groups excluding carboxylic acids is 2. The molecule has 1 saturated heterocycles. The minimum Gasteiger partial charge on any atom is -0.493 e. The summed E-state index contributed by atoms with van der Waals surface area (Å²) in [6.07, 6.45) is 0.729. The third-order valence-corrected chi connectivity index (χ3v) is 3.61. The number of Topliss-reactive ketones (excluding diaryl/α,β-unsaturated/α-hetero) is 1. The molecule has 0 spiro atoms. The summed E-state index contributed by atoms with van der Waals surface area (Å²) in [5, 5.41) is 0. The van der Waals surface area contributed by atoms with Gasteiger partial charge in [0.05, 0.1) is 26.1 Å². The second-order valence-corrected chi connectivity index (χ2v) is 4.85. The van der Waals surface area contributed by atoms with Crippen molar-refractivity contribution in [3.63, 3.8) is 0 Å². The van der Waals surface area contributed by atoms with E-state index in [0.717, 1.165) is 11.3 Å². The van der Waals surface area contributed by atoms with Crippen LogP contribution >= 0.6 is 0 Å². The Morgan fingerprint density at radius 2 is 2.21 bits per heavy atom. The van der Waals surface area contributed by atoms with Crippen molar-refractivity contribution in [2.24, 2.45) is 0 Å². The van der Waals surface area contributed by atoms with Gasteiger partial charge in [-0.3, -0.25) is 9.59 Å². The van der Waals surface area contributed by atoms with Crippen LogP contribution in [0.2, 0.25) is 0 Å². The number of fused-ring (bicyclic) bond motifs is 1. The first-order valence-corrected chi connectivity index (χ1v) is 6.29. The van der Waals surface area contributed by atoms with E-state index >= 15 is 0 Å². The van der Waals surface area contributed by atoms with Crippen LogP contribution in [0.4, 0.5) is 0 Å². The van der Waals surface area contributed by atoms with Gasteiger partial charge in [0.15, 0.2) is 17.3 Å². The summed E-state index contributed by atoms with van der Waals surface area (Å²) in [7, 11) is 1.60. The molecule has 2 aliphatic rings. The zero-order chi connectivity index (χ0) is 13.4. The summed E-state index contributed by atoms with van der Waals surface area (Å²) in [5.41, 5.74) is 1.02. The van der Waals surface area contributed by atoms with E-state index in [0.29, 0.717) is 18.8 Å². The van der Waals surface area contributed by atoms with Crippen LogP contribution < -0.4 is 9.47 Å². The van der Waals surface area contributed by atoms with Crippen molar-refractivity contribution >= 4 is 11.7 Å². The van der Waals surface area contributed by atoms with Crippen LogP contribution in [0, 0.1) is 0 Å². The van der Waals surface area contributed by atoms with E-state index in [1.165, 1.54) is 0 Å². The van der Waals surface area contributed by atoms with Crippen molar-refractivity contribution in [1.29, 1.82) is 0 Å². The Morgan fingerprint density at radius 1 is 1.37 bits per heavy atom. The van der Waals surface area contributed by atoms with E-state index in [-0.39, 0.29) is 30.7 Å². The van der Waals surface area contributed by atoms with E-state index in [1.54, 1.807) is 12.0 Å². The third-order valence-electron chi connectivity index (χ3n) is 3.61. The van der Waals surface area contributed by atoms with Crippen LogP contribution in [0.15, 0.2) is 18.2 Å². The van der Waals surface area contributed by atoms with Gasteiger partial charge in [-0.1, -0.05) is 12.1 Å². The number of hydrogen-bond donors (Lipinski definition) is 0. The molecule has 0 saturated carbocycles. The van der Waals surface area contributed by atoms with E-state index in [2.05, 4.69) is 0 Å². The predicted molar refractivity (Wildman–Crippen MR) is 67.3 cm³/mol. The molecule has 0 aliphatic carbocycles. The fraction of sp³-hybridized carbons (Fsp3) is 0.429. The molecule has 5 nitrogen and oxygen atoms in total. The molecule has 1 amide bonds.